The highest BCUT2D eigenvalue weighted by atomic mass is 15.3. The number of benzene rings is 3. The number of nitrogens with zero attached hydrogens (tertiary/aromatic N) is 5. The first-order valence-corrected chi connectivity index (χ1v) is 10.5. The molecule has 0 amide bonds. The molecule has 148 valence electrons. The van der Waals surface area contributed by atoms with E-state index in [9.17, 15) is 0 Å². The number of rotatable bonds is 3. The first-order chi connectivity index (χ1) is 14.9. The second-order valence-electron chi connectivity index (χ2n) is 7.91. The zero-order valence-electron chi connectivity index (χ0n) is 16.8. The fourth-order valence-electron chi connectivity index (χ4n) is 4.51. The topological polar surface area (TPSA) is 37.2 Å². The molecule has 5 aromatic rings. The molecule has 3 heterocycles. The van der Waals surface area contributed by atoms with Crippen LogP contribution in [0.5, 0.6) is 0 Å². The Hall–Kier alpha value is -3.44. The van der Waals surface area contributed by atoms with Gasteiger partial charge in [-0.3, -0.25) is 4.90 Å². The summed E-state index contributed by atoms with van der Waals surface area (Å²) in [7, 11) is 0. The number of hydrogen-bond donors (Lipinski definition) is 0. The third-order valence-electron chi connectivity index (χ3n) is 6.09. The molecule has 0 bridgehead atoms. The zero-order valence-corrected chi connectivity index (χ0v) is 16.8. The molecule has 5 nitrogen and oxygen atoms in total. The van der Waals surface area contributed by atoms with Crippen molar-refractivity contribution in [3.05, 3.63) is 78.9 Å². The lowest BCUT2D eigenvalue weighted by Crippen LogP contribution is -2.46. The molecule has 0 saturated carbocycles. The monoisotopic (exact) mass is 393 g/mol. The van der Waals surface area contributed by atoms with E-state index in [2.05, 4.69) is 69.0 Å². The normalized spacial score (nSPS) is 15.4. The molecule has 1 saturated heterocycles. The molecular weight excluding hydrogens is 370 g/mol. The van der Waals surface area contributed by atoms with Crippen LogP contribution in [0.4, 0.5) is 5.69 Å². The molecule has 2 aromatic heterocycles. The third-order valence-corrected chi connectivity index (χ3v) is 6.09. The highest BCUT2D eigenvalue weighted by Crippen LogP contribution is 2.28. The first kappa shape index (κ1) is 17.4. The van der Waals surface area contributed by atoms with Crippen molar-refractivity contribution in [2.45, 2.75) is 6.67 Å². The Morgan fingerprint density at radius 1 is 0.667 bits per heavy atom. The Kier molecular flexibility index (Phi) is 4.13. The van der Waals surface area contributed by atoms with Crippen LogP contribution in [0.3, 0.4) is 0 Å². The van der Waals surface area contributed by atoms with E-state index in [-0.39, 0.29) is 0 Å². The molecule has 0 N–H and O–H groups in total. The van der Waals surface area contributed by atoms with E-state index in [0.717, 1.165) is 55.0 Å². The van der Waals surface area contributed by atoms with Crippen LogP contribution in [-0.4, -0.2) is 45.6 Å². The van der Waals surface area contributed by atoms with Crippen LogP contribution in [0, 0.1) is 0 Å². The van der Waals surface area contributed by atoms with E-state index < -0.39 is 0 Å². The molecule has 0 aliphatic carbocycles. The van der Waals surface area contributed by atoms with Crippen LogP contribution in [0.25, 0.3) is 33.1 Å². The maximum Gasteiger partial charge on any atom is 0.161 e. The summed E-state index contributed by atoms with van der Waals surface area (Å²) in [5.74, 6) is 0. The van der Waals surface area contributed by atoms with Crippen molar-refractivity contribution >= 4 is 38.8 Å². The van der Waals surface area contributed by atoms with Gasteiger partial charge in [0, 0.05) is 37.3 Å². The van der Waals surface area contributed by atoms with Crippen LogP contribution in [0.1, 0.15) is 0 Å². The van der Waals surface area contributed by atoms with Crippen LogP contribution in [0.2, 0.25) is 0 Å². The van der Waals surface area contributed by atoms with Gasteiger partial charge in [-0.2, -0.15) is 0 Å². The summed E-state index contributed by atoms with van der Waals surface area (Å²) < 4.78 is 2.34. The lowest BCUT2D eigenvalue weighted by atomic mass is 10.2. The summed E-state index contributed by atoms with van der Waals surface area (Å²) in [6, 6.07) is 27.4. The minimum absolute atomic E-state index is 0.833. The Bertz CT molecular complexity index is 1330. The van der Waals surface area contributed by atoms with Gasteiger partial charge in [0.2, 0.25) is 0 Å². The number of aromatic nitrogens is 3. The summed E-state index contributed by atoms with van der Waals surface area (Å²) in [5.41, 5.74) is 6.37. The van der Waals surface area contributed by atoms with Gasteiger partial charge in [-0.25, -0.2) is 9.97 Å². The first-order valence-electron chi connectivity index (χ1n) is 10.5. The SMILES string of the molecule is c1ccc(N2CCN(Cn3c4ccccc4c4nc5ccccc5nc43)CC2)cc1. The maximum absolute atomic E-state index is 5.01. The standard InChI is InChI=1S/C25H23N5/c1-2-8-19(9-3-1)29-16-14-28(15-17-29)18-30-23-13-7-4-10-20(23)24-25(30)27-22-12-6-5-11-21(22)26-24/h1-13H,14-18H2. The molecule has 1 fully saturated rings. The van der Waals surface area contributed by atoms with Gasteiger partial charge in [0.05, 0.1) is 23.2 Å². The third kappa shape index (κ3) is 2.90. The van der Waals surface area contributed by atoms with Gasteiger partial charge >= 0.3 is 0 Å². The van der Waals surface area contributed by atoms with Crippen LogP contribution >= 0.6 is 0 Å². The van der Waals surface area contributed by atoms with E-state index in [0.29, 0.717) is 0 Å². The van der Waals surface area contributed by atoms with Crippen molar-refractivity contribution in [2.24, 2.45) is 0 Å². The number of anilines is 1. The van der Waals surface area contributed by atoms with E-state index in [1.165, 1.54) is 16.6 Å². The molecule has 5 heteroatoms. The summed E-state index contributed by atoms with van der Waals surface area (Å²) >= 11 is 0. The average Bonchev–Trinajstić information content (AvgIpc) is 3.11. The van der Waals surface area contributed by atoms with Crippen molar-refractivity contribution in [1.82, 2.24) is 19.4 Å². The van der Waals surface area contributed by atoms with Crippen LogP contribution in [0.15, 0.2) is 78.9 Å². The van der Waals surface area contributed by atoms with Crippen LogP contribution < -0.4 is 4.90 Å². The molecular formula is C25H23N5. The fourth-order valence-corrected chi connectivity index (χ4v) is 4.51. The predicted molar refractivity (Wildman–Crippen MR) is 123 cm³/mol. The number of piperazine rings is 1. The molecule has 0 atom stereocenters. The molecule has 1 aliphatic rings. The molecule has 0 radical (unpaired) electrons. The Labute approximate surface area is 175 Å². The Balaban J connectivity index is 1.35. The lowest BCUT2D eigenvalue weighted by molar-refractivity contribution is 0.212. The van der Waals surface area contributed by atoms with Gasteiger partial charge in [-0.05, 0) is 30.3 Å². The van der Waals surface area contributed by atoms with Crippen LogP contribution in [-0.2, 0) is 6.67 Å². The average molecular weight is 393 g/mol. The smallest absolute Gasteiger partial charge is 0.161 e. The summed E-state index contributed by atoms with van der Waals surface area (Å²) in [4.78, 5) is 15.0. The lowest BCUT2D eigenvalue weighted by Gasteiger charge is -2.36. The molecule has 1 aliphatic heterocycles. The van der Waals surface area contributed by atoms with E-state index in [4.69, 9.17) is 9.97 Å². The van der Waals surface area contributed by atoms with Crippen molar-refractivity contribution < 1.29 is 0 Å². The second-order valence-corrected chi connectivity index (χ2v) is 7.91. The number of para-hydroxylation sites is 4. The molecule has 6 rings (SSSR count). The highest BCUT2D eigenvalue weighted by molar-refractivity contribution is 6.06. The highest BCUT2D eigenvalue weighted by Gasteiger charge is 2.20. The number of hydrogen-bond acceptors (Lipinski definition) is 4. The maximum atomic E-state index is 5.01. The van der Waals surface area contributed by atoms with E-state index >= 15 is 0 Å². The minimum atomic E-state index is 0.833. The van der Waals surface area contributed by atoms with Gasteiger partial charge in [0.15, 0.2) is 5.65 Å². The second kappa shape index (κ2) is 7.11. The quantitative estimate of drug-likeness (QED) is 0.452. The molecule has 30 heavy (non-hydrogen) atoms. The molecule has 0 unspecified atom stereocenters. The zero-order chi connectivity index (χ0) is 19.9. The Morgan fingerprint density at radius 3 is 2.13 bits per heavy atom. The van der Waals surface area contributed by atoms with Crippen molar-refractivity contribution in [1.29, 1.82) is 0 Å². The molecule has 0 spiro atoms. The van der Waals surface area contributed by atoms with Gasteiger partial charge in [-0.15, -0.1) is 0 Å². The minimum Gasteiger partial charge on any atom is -0.369 e. The van der Waals surface area contributed by atoms with Crippen molar-refractivity contribution in [3.8, 4) is 0 Å². The number of fused-ring (bicyclic) bond motifs is 4. The Morgan fingerprint density at radius 2 is 1.33 bits per heavy atom. The van der Waals surface area contributed by atoms with E-state index in [1.54, 1.807) is 0 Å². The largest absolute Gasteiger partial charge is 0.369 e. The van der Waals surface area contributed by atoms with Gasteiger partial charge in [0.25, 0.3) is 0 Å². The summed E-state index contributed by atoms with van der Waals surface area (Å²) in [5, 5.41) is 1.17. The van der Waals surface area contributed by atoms with Gasteiger partial charge in [-0.1, -0.05) is 48.5 Å². The van der Waals surface area contributed by atoms with Crippen molar-refractivity contribution in [2.75, 3.05) is 31.1 Å². The summed E-state index contributed by atoms with van der Waals surface area (Å²) in [6.07, 6.45) is 0. The van der Waals surface area contributed by atoms with Gasteiger partial charge in [0.1, 0.15) is 5.52 Å². The van der Waals surface area contributed by atoms with Gasteiger partial charge < -0.3 is 9.47 Å². The van der Waals surface area contributed by atoms with E-state index in [1.807, 2.05) is 24.3 Å². The molecule has 3 aromatic carbocycles. The fraction of sp³-hybridized carbons (Fsp3) is 0.200. The van der Waals surface area contributed by atoms with Crippen molar-refractivity contribution in [3.63, 3.8) is 0 Å². The summed E-state index contributed by atoms with van der Waals surface area (Å²) in [6.45, 7) is 4.97. The predicted octanol–water partition coefficient (Wildman–Crippen LogP) is 4.52.